The molecule has 0 atom stereocenters. The van der Waals surface area contributed by atoms with E-state index in [4.69, 9.17) is 4.74 Å². The zero-order valence-electron chi connectivity index (χ0n) is 15.2. The van der Waals surface area contributed by atoms with E-state index < -0.39 is 0 Å². The smallest absolute Gasteiger partial charge is 0.227 e. The molecular weight excluding hydrogens is 326 g/mol. The SMILES string of the molecule is COc1ccc(N(/C=C2/C=C(c3ccc(C)cc3)C(=O)C2)C(C)=O)cc1. The van der Waals surface area contributed by atoms with Crippen molar-refractivity contribution in [3.05, 3.63) is 77.5 Å². The van der Waals surface area contributed by atoms with Gasteiger partial charge in [0, 0.05) is 30.8 Å². The first-order chi connectivity index (χ1) is 12.5. The summed E-state index contributed by atoms with van der Waals surface area (Å²) in [5, 5.41) is 0. The number of carbonyl (C=O) groups excluding carboxylic acids is 2. The molecule has 1 amide bonds. The lowest BCUT2D eigenvalue weighted by Gasteiger charge is -2.17. The van der Waals surface area contributed by atoms with Crippen LogP contribution in [-0.4, -0.2) is 18.8 Å². The topological polar surface area (TPSA) is 46.6 Å². The van der Waals surface area contributed by atoms with Crippen molar-refractivity contribution in [1.29, 1.82) is 0 Å². The first-order valence-electron chi connectivity index (χ1n) is 8.44. The van der Waals surface area contributed by atoms with Crippen LogP contribution in [0.25, 0.3) is 5.57 Å². The Bertz CT molecular complexity index is 890. The molecular formula is C22H21NO3. The second-order valence-electron chi connectivity index (χ2n) is 6.32. The van der Waals surface area contributed by atoms with Gasteiger partial charge in [-0.25, -0.2) is 0 Å². The Kier molecular flexibility index (Phi) is 5.03. The molecule has 0 bridgehead atoms. The first kappa shape index (κ1) is 17.7. The highest BCUT2D eigenvalue weighted by atomic mass is 16.5. The highest BCUT2D eigenvalue weighted by Crippen LogP contribution is 2.30. The number of allylic oxidation sites excluding steroid dienone is 3. The van der Waals surface area contributed by atoms with Crippen molar-refractivity contribution in [2.45, 2.75) is 20.3 Å². The van der Waals surface area contributed by atoms with Gasteiger partial charge in [-0.3, -0.25) is 14.5 Å². The fraction of sp³-hybridized carbons (Fsp3) is 0.182. The standard InChI is InChI=1S/C22H21NO3/c1-15-4-6-18(7-5-15)21-12-17(13-22(21)25)14-23(16(2)24)19-8-10-20(26-3)11-9-19/h4-12,14H,13H2,1-3H3/b17-14-. The molecule has 0 fully saturated rings. The average Bonchev–Trinajstić information content (AvgIpc) is 3.01. The molecule has 4 heteroatoms. The lowest BCUT2D eigenvalue weighted by atomic mass is 10.0. The fourth-order valence-corrected chi connectivity index (χ4v) is 2.91. The molecule has 0 saturated carbocycles. The number of nitrogens with zero attached hydrogens (tertiary/aromatic N) is 1. The van der Waals surface area contributed by atoms with Crippen LogP contribution in [0.5, 0.6) is 5.75 Å². The molecule has 0 radical (unpaired) electrons. The Morgan fingerprint density at radius 1 is 1.08 bits per heavy atom. The van der Waals surface area contributed by atoms with Crippen molar-refractivity contribution < 1.29 is 14.3 Å². The van der Waals surface area contributed by atoms with Crippen molar-refractivity contribution in [2.24, 2.45) is 0 Å². The van der Waals surface area contributed by atoms with E-state index in [0.717, 1.165) is 28.1 Å². The van der Waals surface area contributed by atoms with Gasteiger partial charge in [0.15, 0.2) is 5.78 Å². The third-order valence-corrected chi connectivity index (χ3v) is 4.34. The summed E-state index contributed by atoms with van der Waals surface area (Å²) in [7, 11) is 1.60. The summed E-state index contributed by atoms with van der Waals surface area (Å²) in [5.41, 5.74) is 4.29. The van der Waals surface area contributed by atoms with Crippen molar-refractivity contribution in [2.75, 3.05) is 12.0 Å². The Morgan fingerprint density at radius 2 is 1.73 bits per heavy atom. The molecule has 26 heavy (non-hydrogen) atoms. The number of methoxy groups -OCH3 is 1. The van der Waals surface area contributed by atoms with E-state index in [1.165, 1.54) is 6.92 Å². The summed E-state index contributed by atoms with van der Waals surface area (Å²) >= 11 is 0. The number of amides is 1. The summed E-state index contributed by atoms with van der Waals surface area (Å²) in [4.78, 5) is 26.1. The number of hydrogen-bond donors (Lipinski definition) is 0. The summed E-state index contributed by atoms with van der Waals surface area (Å²) in [6.45, 7) is 3.52. The Hall–Kier alpha value is -3.14. The zero-order chi connectivity index (χ0) is 18.7. The Morgan fingerprint density at radius 3 is 2.31 bits per heavy atom. The molecule has 0 spiro atoms. The lowest BCUT2D eigenvalue weighted by molar-refractivity contribution is -0.116. The molecule has 2 aromatic carbocycles. The van der Waals surface area contributed by atoms with Crippen LogP contribution in [0.1, 0.15) is 24.5 Å². The highest BCUT2D eigenvalue weighted by molar-refractivity contribution is 6.25. The van der Waals surface area contributed by atoms with Crippen molar-refractivity contribution >= 4 is 23.0 Å². The number of benzene rings is 2. The Labute approximate surface area is 153 Å². The van der Waals surface area contributed by atoms with Gasteiger partial charge in [-0.2, -0.15) is 0 Å². The number of aryl methyl sites for hydroxylation is 1. The highest BCUT2D eigenvalue weighted by Gasteiger charge is 2.22. The number of ketones is 1. The lowest BCUT2D eigenvalue weighted by Crippen LogP contribution is -2.22. The van der Waals surface area contributed by atoms with E-state index in [9.17, 15) is 9.59 Å². The minimum Gasteiger partial charge on any atom is -0.497 e. The maximum Gasteiger partial charge on any atom is 0.227 e. The van der Waals surface area contributed by atoms with Gasteiger partial charge in [0.1, 0.15) is 5.75 Å². The van der Waals surface area contributed by atoms with Gasteiger partial charge in [-0.15, -0.1) is 0 Å². The average molecular weight is 347 g/mol. The van der Waals surface area contributed by atoms with Gasteiger partial charge in [-0.05, 0) is 48.4 Å². The molecule has 132 valence electrons. The van der Waals surface area contributed by atoms with Crippen LogP contribution >= 0.6 is 0 Å². The van der Waals surface area contributed by atoms with E-state index in [0.29, 0.717) is 12.0 Å². The quantitative estimate of drug-likeness (QED) is 0.828. The van der Waals surface area contributed by atoms with Crippen molar-refractivity contribution in [1.82, 2.24) is 0 Å². The second-order valence-corrected chi connectivity index (χ2v) is 6.32. The van der Waals surface area contributed by atoms with E-state index in [2.05, 4.69) is 0 Å². The molecule has 0 saturated heterocycles. The number of hydrogen-bond acceptors (Lipinski definition) is 3. The van der Waals surface area contributed by atoms with E-state index >= 15 is 0 Å². The van der Waals surface area contributed by atoms with Crippen molar-refractivity contribution in [3.63, 3.8) is 0 Å². The molecule has 0 N–H and O–H groups in total. The summed E-state index contributed by atoms with van der Waals surface area (Å²) in [5.74, 6) is 0.674. The molecule has 0 heterocycles. The Balaban J connectivity index is 1.92. The van der Waals surface area contributed by atoms with Gasteiger partial charge in [0.2, 0.25) is 5.91 Å². The van der Waals surface area contributed by atoms with E-state index in [1.54, 1.807) is 30.3 Å². The zero-order valence-corrected chi connectivity index (χ0v) is 15.2. The number of carbonyl (C=O) groups is 2. The summed E-state index contributed by atoms with van der Waals surface area (Å²) < 4.78 is 5.16. The van der Waals surface area contributed by atoms with Gasteiger partial charge in [0.25, 0.3) is 0 Å². The van der Waals surface area contributed by atoms with Crippen LogP contribution in [0.4, 0.5) is 5.69 Å². The normalized spacial score (nSPS) is 15.1. The predicted molar refractivity (Wildman–Crippen MR) is 103 cm³/mol. The van der Waals surface area contributed by atoms with E-state index in [-0.39, 0.29) is 11.7 Å². The molecule has 3 rings (SSSR count). The van der Waals surface area contributed by atoms with Gasteiger partial charge >= 0.3 is 0 Å². The molecule has 4 nitrogen and oxygen atoms in total. The van der Waals surface area contributed by atoms with Crippen LogP contribution < -0.4 is 9.64 Å². The molecule has 1 aliphatic rings. The largest absolute Gasteiger partial charge is 0.497 e. The van der Waals surface area contributed by atoms with Crippen LogP contribution in [0, 0.1) is 6.92 Å². The van der Waals surface area contributed by atoms with Gasteiger partial charge in [-0.1, -0.05) is 29.8 Å². The van der Waals surface area contributed by atoms with Crippen LogP contribution in [-0.2, 0) is 9.59 Å². The maximum atomic E-state index is 12.4. The molecule has 1 aliphatic carbocycles. The molecule has 0 aliphatic heterocycles. The number of Topliss-reactive ketones (excluding diaryl/α,β-unsaturated/α-hetero) is 1. The minimum atomic E-state index is -0.118. The number of anilines is 1. The number of ether oxygens (including phenoxy) is 1. The van der Waals surface area contributed by atoms with E-state index in [1.807, 2.05) is 49.4 Å². The van der Waals surface area contributed by atoms with Crippen LogP contribution in [0.15, 0.2) is 66.4 Å². The molecule has 0 unspecified atom stereocenters. The summed E-state index contributed by atoms with van der Waals surface area (Å²) in [6.07, 6.45) is 3.90. The third-order valence-electron chi connectivity index (χ3n) is 4.34. The fourth-order valence-electron chi connectivity index (χ4n) is 2.91. The second kappa shape index (κ2) is 7.40. The minimum absolute atomic E-state index is 0.0679. The van der Waals surface area contributed by atoms with Gasteiger partial charge < -0.3 is 4.74 Å². The predicted octanol–water partition coefficient (Wildman–Crippen LogP) is 4.30. The van der Waals surface area contributed by atoms with Crippen molar-refractivity contribution in [3.8, 4) is 5.75 Å². The first-order valence-corrected chi connectivity index (χ1v) is 8.44. The maximum absolute atomic E-state index is 12.4. The third kappa shape index (κ3) is 3.75. The van der Waals surface area contributed by atoms with Crippen LogP contribution in [0.3, 0.4) is 0 Å². The molecule has 2 aromatic rings. The molecule has 0 aromatic heterocycles. The van der Waals surface area contributed by atoms with Gasteiger partial charge in [0.05, 0.1) is 7.11 Å². The van der Waals surface area contributed by atoms with Crippen LogP contribution in [0.2, 0.25) is 0 Å². The number of rotatable bonds is 4. The summed E-state index contributed by atoms with van der Waals surface area (Å²) in [6, 6.07) is 15.1. The monoisotopic (exact) mass is 347 g/mol.